The van der Waals surface area contributed by atoms with Crippen molar-refractivity contribution in [3.05, 3.63) is 12.7 Å². The van der Waals surface area contributed by atoms with Gasteiger partial charge in [0.1, 0.15) is 0 Å². The first-order chi connectivity index (χ1) is 9.19. The third kappa shape index (κ3) is 6.58. The second-order valence-corrected chi connectivity index (χ2v) is 4.85. The minimum Gasteiger partial charge on any atom is -0.356 e. The van der Waals surface area contributed by atoms with E-state index in [4.69, 9.17) is 0 Å². The molecule has 0 bridgehead atoms. The van der Waals surface area contributed by atoms with Crippen LogP contribution >= 0.6 is 24.0 Å². The molecule has 0 aromatic carbocycles. The molecule has 1 amide bonds. The van der Waals surface area contributed by atoms with Crippen molar-refractivity contribution in [2.45, 2.75) is 38.6 Å². The van der Waals surface area contributed by atoms with Crippen LogP contribution in [-0.4, -0.2) is 49.5 Å². The summed E-state index contributed by atoms with van der Waals surface area (Å²) in [7, 11) is 1.72. The number of guanidine groups is 1. The van der Waals surface area contributed by atoms with Gasteiger partial charge in [0.15, 0.2) is 5.96 Å². The first-order valence-electron chi connectivity index (χ1n) is 7.04. The fourth-order valence-corrected chi connectivity index (χ4v) is 2.29. The van der Waals surface area contributed by atoms with E-state index in [0.29, 0.717) is 31.5 Å². The minimum absolute atomic E-state index is 0. The molecule has 116 valence electrons. The Balaban J connectivity index is 0.00000361. The summed E-state index contributed by atoms with van der Waals surface area (Å²) < 4.78 is 0. The highest BCUT2D eigenvalue weighted by Crippen LogP contribution is 2.16. The molecular formula is C14H27IN4O. The van der Waals surface area contributed by atoms with E-state index in [0.717, 1.165) is 19.4 Å². The number of amides is 1. The molecule has 1 atom stereocenters. The zero-order chi connectivity index (χ0) is 14.1. The first kappa shape index (κ1) is 19.2. The zero-order valence-electron chi connectivity index (χ0n) is 12.5. The number of halogens is 1. The first-order valence-corrected chi connectivity index (χ1v) is 7.04. The second kappa shape index (κ2) is 10.9. The molecule has 0 aromatic heterocycles. The summed E-state index contributed by atoms with van der Waals surface area (Å²) in [6.45, 7) is 7.95. The van der Waals surface area contributed by atoms with Crippen molar-refractivity contribution >= 4 is 35.8 Å². The molecule has 0 spiro atoms. The molecule has 6 heteroatoms. The number of rotatable bonds is 5. The molecule has 20 heavy (non-hydrogen) atoms. The van der Waals surface area contributed by atoms with Gasteiger partial charge in [-0.1, -0.05) is 6.08 Å². The molecule has 1 heterocycles. The summed E-state index contributed by atoms with van der Waals surface area (Å²) in [6, 6.07) is 0.388. The van der Waals surface area contributed by atoms with Crippen molar-refractivity contribution < 1.29 is 4.79 Å². The fraction of sp³-hybridized carbons (Fsp3) is 0.714. The predicted octanol–water partition coefficient (Wildman–Crippen LogP) is 1.75. The summed E-state index contributed by atoms with van der Waals surface area (Å²) in [5.41, 5.74) is 0. The average molecular weight is 394 g/mol. The highest BCUT2D eigenvalue weighted by Gasteiger charge is 2.22. The lowest BCUT2D eigenvalue weighted by atomic mass is 10.0. The van der Waals surface area contributed by atoms with Crippen LogP contribution in [0.15, 0.2) is 17.6 Å². The van der Waals surface area contributed by atoms with Gasteiger partial charge >= 0.3 is 0 Å². The normalized spacial score (nSPS) is 19.0. The molecule has 0 aliphatic carbocycles. The number of carbonyl (C=O) groups excluding carboxylic acids is 1. The second-order valence-electron chi connectivity index (χ2n) is 4.85. The van der Waals surface area contributed by atoms with Gasteiger partial charge < -0.3 is 15.5 Å². The maximum absolute atomic E-state index is 12.1. The molecule has 1 unspecified atom stereocenters. The van der Waals surface area contributed by atoms with Gasteiger partial charge in [0.2, 0.25) is 5.91 Å². The van der Waals surface area contributed by atoms with Crippen LogP contribution in [0, 0.1) is 0 Å². The SMILES string of the molecule is C=CCNC(=NC)NCCC(=O)N1CCCCC1C.I. The Labute approximate surface area is 139 Å². The summed E-state index contributed by atoms with van der Waals surface area (Å²) in [6.07, 6.45) is 5.78. The molecule has 1 rings (SSSR count). The van der Waals surface area contributed by atoms with Gasteiger partial charge in [0.25, 0.3) is 0 Å². The number of aliphatic imine (C=N–C) groups is 1. The molecular weight excluding hydrogens is 367 g/mol. The van der Waals surface area contributed by atoms with Crippen molar-refractivity contribution in [3.63, 3.8) is 0 Å². The number of nitrogens with zero attached hydrogens (tertiary/aromatic N) is 2. The zero-order valence-corrected chi connectivity index (χ0v) is 14.9. The van der Waals surface area contributed by atoms with Gasteiger partial charge in [-0.3, -0.25) is 9.79 Å². The quantitative estimate of drug-likeness (QED) is 0.323. The lowest BCUT2D eigenvalue weighted by Gasteiger charge is -2.33. The van der Waals surface area contributed by atoms with Crippen LogP contribution in [-0.2, 0) is 4.79 Å². The summed E-state index contributed by atoms with van der Waals surface area (Å²) >= 11 is 0. The Bertz CT molecular complexity index is 333. The Hall–Kier alpha value is -0.790. The van der Waals surface area contributed by atoms with Crippen molar-refractivity contribution in [2.24, 2.45) is 4.99 Å². The van der Waals surface area contributed by atoms with Crippen molar-refractivity contribution in [1.29, 1.82) is 0 Å². The lowest BCUT2D eigenvalue weighted by Crippen LogP contribution is -2.44. The number of hydrogen-bond acceptors (Lipinski definition) is 2. The van der Waals surface area contributed by atoms with E-state index >= 15 is 0 Å². The highest BCUT2D eigenvalue weighted by atomic mass is 127. The fourth-order valence-electron chi connectivity index (χ4n) is 2.29. The number of carbonyl (C=O) groups is 1. The van der Waals surface area contributed by atoms with Crippen LogP contribution in [0.1, 0.15) is 32.6 Å². The van der Waals surface area contributed by atoms with E-state index in [1.807, 2.05) is 4.90 Å². The van der Waals surface area contributed by atoms with Gasteiger partial charge in [-0.05, 0) is 26.2 Å². The Morgan fingerprint density at radius 3 is 2.80 bits per heavy atom. The number of nitrogens with one attached hydrogen (secondary N) is 2. The molecule has 1 saturated heterocycles. The molecule has 1 aliphatic heterocycles. The third-order valence-electron chi connectivity index (χ3n) is 3.39. The van der Waals surface area contributed by atoms with Gasteiger partial charge in [-0.25, -0.2) is 0 Å². The van der Waals surface area contributed by atoms with E-state index in [1.165, 1.54) is 6.42 Å². The topological polar surface area (TPSA) is 56.7 Å². The van der Waals surface area contributed by atoms with Crippen LogP contribution < -0.4 is 10.6 Å². The van der Waals surface area contributed by atoms with Crippen LogP contribution in [0.4, 0.5) is 0 Å². The highest BCUT2D eigenvalue weighted by molar-refractivity contribution is 14.0. The third-order valence-corrected chi connectivity index (χ3v) is 3.39. The summed E-state index contributed by atoms with van der Waals surface area (Å²) in [4.78, 5) is 18.2. The van der Waals surface area contributed by atoms with Crippen molar-refractivity contribution in [2.75, 3.05) is 26.7 Å². The molecule has 1 fully saturated rings. The Morgan fingerprint density at radius 1 is 1.45 bits per heavy atom. The van der Waals surface area contributed by atoms with Crippen LogP contribution in [0.3, 0.4) is 0 Å². The van der Waals surface area contributed by atoms with Crippen LogP contribution in [0.25, 0.3) is 0 Å². The summed E-state index contributed by atoms with van der Waals surface area (Å²) in [5, 5.41) is 6.21. The van der Waals surface area contributed by atoms with Gasteiger partial charge in [-0.2, -0.15) is 0 Å². The number of likely N-dealkylation sites (tertiary alicyclic amines) is 1. The average Bonchev–Trinajstić information content (AvgIpc) is 2.42. The molecule has 2 N–H and O–H groups in total. The maximum atomic E-state index is 12.1. The van der Waals surface area contributed by atoms with Crippen molar-refractivity contribution in [1.82, 2.24) is 15.5 Å². The standard InChI is InChI=1S/C14H26N4O.HI/c1-4-9-16-14(15-3)17-10-8-13(19)18-11-6-5-7-12(18)2;/h4,12H,1,5-11H2,2-3H3,(H2,15,16,17);1H. The molecule has 0 aromatic rings. The predicted molar refractivity (Wildman–Crippen MR) is 94.6 cm³/mol. The Morgan fingerprint density at radius 2 is 2.20 bits per heavy atom. The molecule has 1 aliphatic rings. The van der Waals surface area contributed by atoms with E-state index in [2.05, 4.69) is 29.1 Å². The lowest BCUT2D eigenvalue weighted by molar-refractivity contribution is -0.134. The van der Waals surface area contributed by atoms with Gasteiger partial charge in [-0.15, -0.1) is 30.6 Å². The molecule has 0 saturated carbocycles. The van der Waals surface area contributed by atoms with Gasteiger partial charge in [0.05, 0.1) is 0 Å². The Kier molecular flexibility index (Phi) is 10.5. The number of piperidine rings is 1. The van der Waals surface area contributed by atoms with Gasteiger partial charge in [0, 0.05) is 39.1 Å². The largest absolute Gasteiger partial charge is 0.356 e. The van der Waals surface area contributed by atoms with Crippen LogP contribution in [0.2, 0.25) is 0 Å². The van der Waals surface area contributed by atoms with E-state index in [-0.39, 0.29) is 29.9 Å². The van der Waals surface area contributed by atoms with E-state index in [1.54, 1.807) is 13.1 Å². The van der Waals surface area contributed by atoms with E-state index in [9.17, 15) is 4.79 Å². The monoisotopic (exact) mass is 394 g/mol. The maximum Gasteiger partial charge on any atom is 0.224 e. The minimum atomic E-state index is 0. The molecule has 0 radical (unpaired) electrons. The summed E-state index contributed by atoms with van der Waals surface area (Å²) in [5.74, 6) is 0.943. The van der Waals surface area contributed by atoms with E-state index < -0.39 is 0 Å². The smallest absolute Gasteiger partial charge is 0.224 e. The van der Waals surface area contributed by atoms with Crippen molar-refractivity contribution in [3.8, 4) is 0 Å². The number of hydrogen-bond donors (Lipinski definition) is 2. The molecule has 5 nitrogen and oxygen atoms in total. The van der Waals surface area contributed by atoms with Crippen LogP contribution in [0.5, 0.6) is 0 Å².